The highest BCUT2D eigenvalue weighted by Crippen LogP contribution is 1.95. The zero-order chi connectivity index (χ0) is 12.4. The Bertz CT molecular complexity index is 153. The molecule has 0 aliphatic carbocycles. The highest BCUT2D eigenvalue weighted by molar-refractivity contribution is 4.70. The predicted octanol–water partition coefficient (Wildman–Crippen LogP) is 0.230. The minimum atomic E-state index is 0.212. The zero-order valence-corrected chi connectivity index (χ0v) is 11.4. The summed E-state index contributed by atoms with van der Waals surface area (Å²) >= 11 is 0. The maximum atomic E-state index is 9.22. The smallest absolute Gasteiger partial charge is 0.0597 e. The van der Waals surface area contributed by atoms with Gasteiger partial charge in [-0.05, 0) is 46.7 Å². The van der Waals surface area contributed by atoms with Crippen LogP contribution in [0.4, 0.5) is 0 Å². The summed E-state index contributed by atoms with van der Waals surface area (Å²) in [5, 5.41) is 12.5. The molecule has 98 valence electrons. The fourth-order valence-corrected chi connectivity index (χ4v) is 1.78. The van der Waals surface area contributed by atoms with Gasteiger partial charge < -0.3 is 20.2 Å². The first-order chi connectivity index (χ1) is 7.63. The summed E-state index contributed by atoms with van der Waals surface area (Å²) in [4.78, 5) is 4.61. The van der Waals surface area contributed by atoms with E-state index in [1.165, 1.54) is 6.42 Å². The molecular weight excluding hydrogens is 202 g/mol. The van der Waals surface area contributed by atoms with Gasteiger partial charge in [0.1, 0.15) is 0 Å². The van der Waals surface area contributed by atoms with Crippen molar-refractivity contribution in [1.82, 2.24) is 15.1 Å². The van der Waals surface area contributed by atoms with Crippen molar-refractivity contribution in [3.63, 3.8) is 0 Å². The van der Waals surface area contributed by atoms with Crippen LogP contribution in [0.5, 0.6) is 0 Å². The van der Waals surface area contributed by atoms with E-state index in [-0.39, 0.29) is 12.6 Å². The number of hydrogen-bond acceptors (Lipinski definition) is 4. The maximum Gasteiger partial charge on any atom is 0.0597 e. The van der Waals surface area contributed by atoms with E-state index in [2.05, 4.69) is 43.1 Å². The minimum absolute atomic E-state index is 0.212. The number of nitrogens with one attached hydrogen (secondary N) is 1. The number of aliphatic hydroxyl groups is 1. The van der Waals surface area contributed by atoms with Crippen molar-refractivity contribution in [3.8, 4) is 0 Å². The Balaban J connectivity index is 3.79. The molecule has 1 atom stereocenters. The van der Waals surface area contributed by atoms with Crippen LogP contribution in [0, 0.1) is 0 Å². The summed E-state index contributed by atoms with van der Waals surface area (Å²) in [6.07, 6.45) is 1.19. The normalized spacial score (nSPS) is 13.7. The van der Waals surface area contributed by atoms with Crippen molar-refractivity contribution in [2.24, 2.45) is 0 Å². The molecule has 0 fully saturated rings. The molecule has 0 heterocycles. The van der Waals surface area contributed by atoms with Gasteiger partial charge in [0.25, 0.3) is 0 Å². The van der Waals surface area contributed by atoms with Crippen molar-refractivity contribution >= 4 is 0 Å². The van der Waals surface area contributed by atoms with E-state index < -0.39 is 0 Å². The molecule has 0 spiro atoms. The molecule has 16 heavy (non-hydrogen) atoms. The lowest BCUT2D eigenvalue weighted by Gasteiger charge is -2.26. The van der Waals surface area contributed by atoms with Crippen molar-refractivity contribution < 1.29 is 5.11 Å². The third-order valence-electron chi connectivity index (χ3n) is 2.72. The molecule has 0 aliphatic rings. The van der Waals surface area contributed by atoms with Crippen molar-refractivity contribution in [2.45, 2.75) is 26.3 Å². The van der Waals surface area contributed by atoms with Crippen molar-refractivity contribution in [1.29, 1.82) is 0 Å². The second-order valence-electron chi connectivity index (χ2n) is 4.49. The average molecular weight is 231 g/mol. The minimum Gasteiger partial charge on any atom is -0.395 e. The van der Waals surface area contributed by atoms with E-state index in [1.54, 1.807) is 0 Å². The Morgan fingerprint density at radius 1 is 1.19 bits per heavy atom. The molecule has 1 unspecified atom stereocenters. The average Bonchev–Trinajstić information content (AvgIpc) is 2.26. The molecule has 0 aliphatic heterocycles. The molecule has 0 radical (unpaired) electrons. The van der Waals surface area contributed by atoms with Crippen LogP contribution in [0.15, 0.2) is 0 Å². The Labute approximate surface area is 101 Å². The lowest BCUT2D eigenvalue weighted by molar-refractivity contribution is 0.182. The third-order valence-corrected chi connectivity index (χ3v) is 2.72. The van der Waals surface area contributed by atoms with Crippen LogP contribution in [0.3, 0.4) is 0 Å². The van der Waals surface area contributed by atoms with Gasteiger partial charge in [-0.15, -0.1) is 0 Å². The fraction of sp³-hybridized carbons (Fsp3) is 1.00. The highest BCUT2D eigenvalue weighted by Gasteiger charge is 2.10. The van der Waals surface area contributed by atoms with E-state index in [1.807, 2.05) is 0 Å². The molecule has 2 N–H and O–H groups in total. The van der Waals surface area contributed by atoms with Gasteiger partial charge in [0.15, 0.2) is 0 Å². The Morgan fingerprint density at radius 2 is 1.88 bits per heavy atom. The number of aliphatic hydroxyl groups excluding tert-OH is 1. The Morgan fingerprint density at radius 3 is 2.31 bits per heavy atom. The molecule has 0 aromatic heterocycles. The van der Waals surface area contributed by atoms with Crippen LogP contribution in [0.25, 0.3) is 0 Å². The lowest BCUT2D eigenvalue weighted by Crippen LogP contribution is -2.43. The van der Waals surface area contributed by atoms with E-state index in [9.17, 15) is 5.11 Å². The summed E-state index contributed by atoms with van der Waals surface area (Å²) in [6.45, 7) is 9.61. The largest absolute Gasteiger partial charge is 0.395 e. The van der Waals surface area contributed by atoms with E-state index in [0.29, 0.717) is 0 Å². The van der Waals surface area contributed by atoms with E-state index >= 15 is 0 Å². The second-order valence-corrected chi connectivity index (χ2v) is 4.49. The maximum absolute atomic E-state index is 9.22. The van der Waals surface area contributed by atoms with Gasteiger partial charge in [-0.25, -0.2) is 0 Å². The quantitative estimate of drug-likeness (QED) is 0.564. The fourth-order valence-electron chi connectivity index (χ4n) is 1.78. The van der Waals surface area contributed by atoms with Gasteiger partial charge in [-0.3, -0.25) is 0 Å². The van der Waals surface area contributed by atoms with Gasteiger partial charge in [0.2, 0.25) is 0 Å². The van der Waals surface area contributed by atoms with Crippen LogP contribution < -0.4 is 5.32 Å². The zero-order valence-electron chi connectivity index (χ0n) is 11.4. The van der Waals surface area contributed by atoms with Crippen molar-refractivity contribution in [3.05, 3.63) is 0 Å². The number of nitrogens with zero attached hydrogens (tertiary/aromatic N) is 2. The molecule has 4 nitrogen and oxygen atoms in total. The molecule has 0 aromatic carbocycles. The third kappa shape index (κ3) is 8.05. The highest BCUT2D eigenvalue weighted by atomic mass is 16.3. The molecule has 4 heteroatoms. The molecule has 0 amide bonds. The lowest BCUT2D eigenvalue weighted by atomic mass is 10.2. The number of hydrogen-bond donors (Lipinski definition) is 2. The topological polar surface area (TPSA) is 38.7 Å². The summed E-state index contributed by atoms with van der Waals surface area (Å²) in [6, 6.07) is 0.212. The summed E-state index contributed by atoms with van der Waals surface area (Å²) in [7, 11) is 4.21. The molecule has 0 aromatic rings. The Kier molecular flexibility index (Phi) is 9.92. The Hall–Kier alpha value is -0.160. The van der Waals surface area contributed by atoms with Gasteiger partial charge in [-0.1, -0.05) is 13.8 Å². The summed E-state index contributed by atoms with van der Waals surface area (Å²) < 4.78 is 0. The van der Waals surface area contributed by atoms with Crippen LogP contribution in [-0.2, 0) is 0 Å². The summed E-state index contributed by atoms with van der Waals surface area (Å²) in [5.74, 6) is 0. The number of rotatable bonds is 10. The van der Waals surface area contributed by atoms with E-state index in [4.69, 9.17) is 0 Å². The van der Waals surface area contributed by atoms with Crippen LogP contribution >= 0.6 is 0 Å². The van der Waals surface area contributed by atoms with Crippen LogP contribution in [0.1, 0.15) is 20.3 Å². The molecule has 0 saturated heterocycles. The summed E-state index contributed by atoms with van der Waals surface area (Å²) in [5.41, 5.74) is 0. The van der Waals surface area contributed by atoms with E-state index in [0.717, 1.165) is 32.7 Å². The second kappa shape index (κ2) is 10.0. The SMILES string of the molecule is CCNC(CO)CN(CC)CCCN(C)C. The molecule has 0 rings (SSSR count). The first-order valence-electron chi connectivity index (χ1n) is 6.35. The first kappa shape index (κ1) is 15.8. The predicted molar refractivity (Wildman–Crippen MR) is 69.8 cm³/mol. The van der Waals surface area contributed by atoms with Gasteiger partial charge in [-0.2, -0.15) is 0 Å². The molecule has 0 saturated carbocycles. The monoisotopic (exact) mass is 231 g/mol. The first-order valence-corrected chi connectivity index (χ1v) is 6.35. The molecular formula is C12H29N3O. The van der Waals surface area contributed by atoms with Crippen molar-refractivity contribution in [2.75, 3.05) is 53.4 Å². The van der Waals surface area contributed by atoms with Crippen LogP contribution in [0.2, 0.25) is 0 Å². The van der Waals surface area contributed by atoms with Crippen LogP contribution in [-0.4, -0.2) is 74.4 Å². The molecule has 0 bridgehead atoms. The van der Waals surface area contributed by atoms with Gasteiger partial charge >= 0.3 is 0 Å². The standard InChI is InChI=1S/C12H29N3O/c1-5-13-12(11-16)10-15(6-2)9-7-8-14(3)4/h12-13,16H,5-11H2,1-4H3. The number of likely N-dealkylation sites (N-methyl/N-ethyl adjacent to an activating group) is 2. The van der Waals surface area contributed by atoms with Gasteiger partial charge in [0.05, 0.1) is 6.61 Å². The van der Waals surface area contributed by atoms with Gasteiger partial charge in [0, 0.05) is 12.6 Å².